The van der Waals surface area contributed by atoms with Gasteiger partial charge in [0.1, 0.15) is 0 Å². The van der Waals surface area contributed by atoms with Crippen molar-refractivity contribution in [1.82, 2.24) is 0 Å². The van der Waals surface area contributed by atoms with Gasteiger partial charge < -0.3 is 10.2 Å². The molecule has 0 amide bonds. The van der Waals surface area contributed by atoms with Crippen LogP contribution >= 0.6 is 0 Å². The Hall–Kier alpha value is -0.340. The van der Waals surface area contributed by atoms with Crippen molar-refractivity contribution < 1.29 is 10.2 Å². The third-order valence-electron chi connectivity index (χ3n) is 13.0. The number of allylic oxidation sites excluding steroid dienone is 1. The van der Waals surface area contributed by atoms with E-state index in [2.05, 4.69) is 61.5 Å². The normalized spacial score (nSPS) is 56.2. The van der Waals surface area contributed by atoms with Gasteiger partial charge in [0.15, 0.2) is 0 Å². The van der Waals surface area contributed by atoms with E-state index in [1.165, 1.54) is 44.9 Å². The molecule has 0 radical (unpaired) electrons. The zero-order valence-corrected chi connectivity index (χ0v) is 22.2. The molecule has 0 aromatic heterocycles. The summed E-state index contributed by atoms with van der Waals surface area (Å²) in [7, 11) is 0. The average molecular weight is 443 g/mol. The zero-order chi connectivity index (χ0) is 23.5. The van der Waals surface area contributed by atoms with Crippen molar-refractivity contribution in [1.29, 1.82) is 0 Å². The summed E-state index contributed by atoms with van der Waals surface area (Å²) in [6, 6.07) is 0. The van der Waals surface area contributed by atoms with Crippen molar-refractivity contribution in [3.05, 3.63) is 11.6 Å². The molecule has 0 spiro atoms. The molecular formula is C30H50O2. The molecule has 4 saturated carbocycles. The van der Waals surface area contributed by atoms with Crippen molar-refractivity contribution >= 4 is 0 Å². The molecule has 5 aliphatic carbocycles. The molecule has 0 aromatic carbocycles. The number of aliphatic hydroxyl groups excluding tert-OH is 2. The lowest BCUT2D eigenvalue weighted by Crippen LogP contribution is -2.67. The Morgan fingerprint density at radius 3 is 2.12 bits per heavy atom. The SMILES string of the molecule is CC1(C)CC[C@]2(C)CC[C@]3(C)C(=C[C@H](O)[C@@H]4[C@@]5(C)CC[C@H](O)C(C)(C)[C@@H]5CC[C@]43C)[C@H]2C1. The van der Waals surface area contributed by atoms with Gasteiger partial charge in [-0.15, -0.1) is 0 Å². The maximum atomic E-state index is 11.9. The molecule has 0 saturated heterocycles. The first-order valence-electron chi connectivity index (χ1n) is 13.7. The summed E-state index contributed by atoms with van der Waals surface area (Å²) >= 11 is 0. The summed E-state index contributed by atoms with van der Waals surface area (Å²) < 4.78 is 0. The first-order chi connectivity index (χ1) is 14.6. The molecule has 0 aromatic rings. The van der Waals surface area contributed by atoms with E-state index in [0.29, 0.717) is 22.7 Å². The molecule has 5 aliphatic rings. The van der Waals surface area contributed by atoms with Crippen LogP contribution in [-0.2, 0) is 0 Å². The highest BCUT2D eigenvalue weighted by molar-refractivity contribution is 5.35. The fourth-order valence-corrected chi connectivity index (χ4v) is 10.6. The monoisotopic (exact) mass is 442 g/mol. The molecule has 9 atom stereocenters. The van der Waals surface area contributed by atoms with Gasteiger partial charge in [-0.25, -0.2) is 0 Å². The van der Waals surface area contributed by atoms with Crippen LogP contribution in [0.5, 0.6) is 0 Å². The molecule has 5 rings (SSSR count). The van der Waals surface area contributed by atoms with Crippen LogP contribution in [0.25, 0.3) is 0 Å². The maximum Gasteiger partial charge on any atom is 0.0762 e. The average Bonchev–Trinajstić information content (AvgIpc) is 2.68. The van der Waals surface area contributed by atoms with Gasteiger partial charge in [-0.1, -0.05) is 67.0 Å². The van der Waals surface area contributed by atoms with E-state index in [-0.39, 0.29) is 39.8 Å². The van der Waals surface area contributed by atoms with Gasteiger partial charge in [-0.05, 0) is 102 Å². The second-order valence-electron chi connectivity index (χ2n) is 15.4. The topological polar surface area (TPSA) is 40.5 Å². The third-order valence-corrected chi connectivity index (χ3v) is 13.0. The number of hydrogen-bond donors (Lipinski definition) is 2. The standard InChI is InChI=1S/C30H50O2/c1-25(2)13-14-27(5)15-16-29(7)19(20(27)18-25)17-21(31)24-28(6)11-10-23(32)26(3,4)22(28)9-12-30(24,29)8/h17,20-24,31-32H,9-16,18H2,1-8H3/t20-,21+,22+,23+,24-,27-,28+,29-,30-/m1/s1. The molecule has 182 valence electrons. The molecule has 0 unspecified atom stereocenters. The van der Waals surface area contributed by atoms with Crippen LogP contribution in [0.1, 0.15) is 113 Å². The summed E-state index contributed by atoms with van der Waals surface area (Å²) in [4.78, 5) is 0. The molecule has 0 aliphatic heterocycles. The Morgan fingerprint density at radius 2 is 1.44 bits per heavy atom. The lowest BCUT2D eigenvalue weighted by Gasteiger charge is -2.72. The molecule has 2 N–H and O–H groups in total. The maximum absolute atomic E-state index is 11.9. The van der Waals surface area contributed by atoms with E-state index < -0.39 is 0 Å². The fourth-order valence-electron chi connectivity index (χ4n) is 10.6. The molecule has 32 heavy (non-hydrogen) atoms. The van der Waals surface area contributed by atoms with E-state index in [4.69, 9.17) is 0 Å². The fraction of sp³-hybridized carbons (Fsp3) is 0.933. The Labute approximate surface area is 197 Å². The van der Waals surface area contributed by atoms with Gasteiger partial charge in [0, 0.05) is 5.92 Å². The van der Waals surface area contributed by atoms with E-state index in [1.807, 2.05) is 0 Å². The molecule has 0 heterocycles. The summed E-state index contributed by atoms with van der Waals surface area (Å²) in [6.45, 7) is 19.7. The molecule has 4 fully saturated rings. The van der Waals surface area contributed by atoms with Gasteiger partial charge in [-0.2, -0.15) is 0 Å². The Bertz CT molecular complexity index is 825. The number of aliphatic hydroxyl groups is 2. The number of rotatable bonds is 0. The minimum absolute atomic E-state index is 0.0719. The predicted octanol–water partition coefficient (Wildman–Crippen LogP) is 7.14. The summed E-state index contributed by atoms with van der Waals surface area (Å²) in [5.74, 6) is 1.38. The second kappa shape index (κ2) is 6.66. The Kier molecular flexibility index (Phi) is 4.87. The van der Waals surface area contributed by atoms with Gasteiger partial charge in [0.05, 0.1) is 12.2 Å². The lowest BCUT2D eigenvalue weighted by atomic mass is 9.33. The van der Waals surface area contributed by atoms with Crippen molar-refractivity contribution in [2.45, 2.75) is 125 Å². The Morgan fingerprint density at radius 1 is 0.781 bits per heavy atom. The summed E-state index contributed by atoms with van der Waals surface area (Å²) in [5.41, 5.74) is 2.76. The summed E-state index contributed by atoms with van der Waals surface area (Å²) in [5, 5.41) is 22.8. The quantitative estimate of drug-likeness (QED) is 0.391. The first-order valence-corrected chi connectivity index (χ1v) is 13.7. The van der Waals surface area contributed by atoms with Crippen LogP contribution in [-0.4, -0.2) is 22.4 Å². The van der Waals surface area contributed by atoms with Crippen LogP contribution in [0, 0.1) is 50.2 Å². The van der Waals surface area contributed by atoms with E-state index in [9.17, 15) is 10.2 Å². The molecule has 0 bridgehead atoms. The van der Waals surface area contributed by atoms with Crippen molar-refractivity contribution in [2.24, 2.45) is 50.2 Å². The smallest absolute Gasteiger partial charge is 0.0762 e. The third kappa shape index (κ3) is 2.78. The van der Waals surface area contributed by atoms with Crippen LogP contribution in [0.3, 0.4) is 0 Å². The van der Waals surface area contributed by atoms with Crippen LogP contribution in [0.15, 0.2) is 11.6 Å². The molecular weight excluding hydrogens is 392 g/mol. The molecule has 2 heteroatoms. The van der Waals surface area contributed by atoms with Gasteiger partial charge in [0.25, 0.3) is 0 Å². The summed E-state index contributed by atoms with van der Waals surface area (Å²) in [6.07, 6.45) is 12.7. The number of fused-ring (bicyclic) bond motifs is 7. The van der Waals surface area contributed by atoms with Crippen LogP contribution in [0.2, 0.25) is 0 Å². The van der Waals surface area contributed by atoms with Crippen molar-refractivity contribution in [3.63, 3.8) is 0 Å². The minimum atomic E-state index is -0.352. The Balaban J connectivity index is 1.62. The van der Waals surface area contributed by atoms with E-state index >= 15 is 0 Å². The van der Waals surface area contributed by atoms with Gasteiger partial charge >= 0.3 is 0 Å². The van der Waals surface area contributed by atoms with Crippen molar-refractivity contribution in [2.75, 3.05) is 0 Å². The predicted molar refractivity (Wildman–Crippen MR) is 132 cm³/mol. The lowest BCUT2D eigenvalue weighted by molar-refractivity contribution is -0.224. The highest BCUT2D eigenvalue weighted by atomic mass is 16.3. The zero-order valence-electron chi connectivity index (χ0n) is 22.2. The van der Waals surface area contributed by atoms with E-state index in [0.717, 1.165) is 12.8 Å². The van der Waals surface area contributed by atoms with Gasteiger partial charge in [-0.3, -0.25) is 0 Å². The minimum Gasteiger partial charge on any atom is -0.393 e. The van der Waals surface area contributed by atoms with Crippen LogP contribution < -0.4 is 0 Å². The van der Waals surface area contributed by atoms with Crippen LogP contribution in [0.4, 0.5) is 0 Å². The first kappa shape index (κ1) is 23.4. The largest absolute Gasteiger partial charge is 0.393 e. The highest BCUT2D eigenvalue weighted by Crippen LogP contribution is 2.75. The second-order valence-corrected chi connectivity index (χ2v) is 15.4. The molecule has 2 nitrogen and oxygen atoms in total. The van der Waals surface area contributed by atoms with Crippen molar-refractivity contribution in [3.8, 4) is 0 Å². The number of hydrogen-bond acceptors (Lipinski definition) is 2. The van der Waals surface area contributed by atoms with Gasteiger partial charge in [0.2, 0.25) is 0 Å². The highest BCUT2D eigenvalue weighted by Gasteiger charge is 2.69. The van der Waals surface area contributed by atoms with E-state index in [1.54, 1.807) is 5.57 Å².